The minimum absolute atomic E-state index is 0.0658. The molecule has 1 aliphatic heterocycles. The largest absolute Gasteiger partial charge is 0.331 e. The van der Waals surface area contributed by atoms with E-state index in [0.29, 0.717) is 38.4 Å². The Morgan fingerprint density at radius 2 is 1.93 bits per heavy atom. The topological polar surface area (TPSA) is 66.1 Å². The maximum Gasteiger partial charge on any atom is 0.258 e. The van der Waals surface area contributed by atoms with Gasteiger partial charge in [-0.3, -0.25) is 9.59 Å². The smallest absolute Gasteiger partial charge is 0.258 e. The van der Waals surface area contributed by atoms with Crippen LogP contribution in [-0.2, 0) is 6.54 Å². The summed E-state index contributed by atoms with van der Waals surface area (Å²) in [5.74, 6) is 2.72. The average Bonchev–Trinajstić information content (AvgIpc) is 3.28. The molecule has 0 saturated carbocycles. The Morgan fingerprint density at radius 1 is 1.20 bits per heavy atom. The van der Waals surface area contributed by atoms with Crippen LogP contribution in [0.5, 0.6) is 0 Å². The number of carbonyl (C=O) groups is 1. The van der Waals surface area contributed by atoms with Crippen LogP contribution in [0.15, 0.2) is 47.3 Å². The van der Waals surface area contributed by atoms with Crippen LogP contribution >= 0.6 is 35.1 Å². The van der Waals surface area contributed by atoms with Gasteiger partial charge in [-0.25, -0.2) is 4.98 Å². The van der Waals surface area contributed by atoms with Gasteiger partial charge in [-0.2, -0.15) is 0 Å². The average molecular weight is 460 g/mol. The third-order valence-electron chi connectivity index (χ3n) is 4.89. The first kappa shape index (κ1) is 21.3. The van der Waals surface area contributed by atoms with Crippen molar-refractivity contribution in [1.82, 2.24) is 14.9 Å². The molecule has 2 heterocycles. The Morgan fingerprint density at radius 3 is 2.63 bits per heavy atom. The summed E-state index contributed by atoms with van der Waals surface area (Å²) in [7, 11) is 0. The molecule has 0 atom stereocenters. The highest BCUT2D eigenvalue weighted by molar-refractivity contribution is 8.19. The highest BCUT2D eigenvalue weighted by atomic mass is 35.5. The number of benzene rings is 2. The van der Waals surface area contributed by atoms with Gasteiger partial charge in [0.05, 0.1) is 22.0 Å². The maximum absolute atomic E-state index is 13.1. The summed E-state index contributed by atoms with van der Waals surface area (Å²) in [4.78, 5) is 34.6. The lowest BCUT2D eigenvalue weighted by Gasteiger charge is -2.22. The molecule has 1 aromatic heterocycles. The van der Waals surface area contributed by atoms with E-state index in [4.69, 9.17) is 11.6 Å². The lowest BCUT2D eigenvalue weighted by Crippen LogP contribution is -2.32. The predicted octanol–water partition coefficient (Wildman–Crippen LogP) is 5.11. The second kappa shape index (κ2) is 9.45. The van der Waals surface area contributed by atoms with Gasteiger partial charge in [0, 0.05) is 28.6 Å². The summed E-state index contributed by atoms with van der Waals surface area (Å²) < 4.78 is 0.458. The zero-order valence-corrected chi connectivity index (χ0v) is 18.9. The Kier molecular flexibility index (Phi) is 6.71. The number of H-pyrrole nitrogens is 1. The van der Waals surface area contributed by atoms with E-state index in [1.54, 1.807) is 23.1 Å². The molecule has 0 unspecified atom stereocenters. The molecule has 1 aliphatic rings. The van der Waals surface area contributed by atoms with Crippen LogP contribution < -0.4 is 5.56 Å². The first-order valence-electron chi connectivity index (χ1n) is 9.86. The molecule has 1 fully saturated rings. The number of carbonyl (C=O) groups excluding carboxylic acids is 1. The molecule has 30 heavy (non-hydrogen) atoms. The number of aromatic amines is 1. The van der Waals surface area contributed by atoms with E-state index in [9.17, 15) is 9.59 Å². The predicted molar refractivity (Wildman–Crippen MR) is 127 cm³/mol. The highest BCUT2D eigenvalue weighted by Gasteiger charge is 2.20. The summed E-state index contributed by atoms with van der Waals surface area (Å²) in [6.45, 7) is 2.83. The van der Waals surface area contributed by atoms with Gasteiger partial charge in [-0.1, -0.05) is 30.7 Å². The van der Waals surface area contributed by atoms with Crippen molar-refractivity contribution < 1.29 is 4.79 Å². The number of amides is 1. The van der Waals surface area contributed by atoms with Crippen LogP contribution in [0.2, 0.25) is 5.02 Å². The molecule has 1 saturated heterocycles. The van der Waals surface area contributed by atoms with Crippen molar-refractivity contribution in [2.24, 2.45) is 0 Å². The van der Waals surface area contributed by atoms with Crippen molar-refractivity contribution in [3.05, 3.63) is 74.8 Å². The SMILES string of the molecule is CCCN(Cc1nc2cc(Cl)ccc2c(=O)[nH]1)C(=O)c1ccc(C2SCCS2)cc1. The van der Waals surface area contributed by atoms with Gasteiger partial charge in [-0.05, 0) is 42.3 Å². The Hall–Kier alpha value is -1.96. The minimum atomic E-state index is -0.230. The fourth-order valence-electron chi connectivity index (χ4n) is 3.46. The van der Waals surface area contributed by atoms with E-state index in [1.807, 2.05) is 54.7 Å². The number of nitrogens with one attached hydrogen (secondary N) is 1. The molecule has 1 N–H and O–H groups in total. The van der Waals surface area contributed by atoms with Gasteiger partial charge in [-0.15, -0.1) is 23.5 Å². The van der Waals surface area contributed by atoms with Crippen molar-refractivity contribution in [1.29, 1.82) is 0 Å². The molecular weight excluding hydrogens is 438 g/mol. The molecule has 3 aromatic rings. The Labute approximate surface area is 188 Å². The Balaban J connectivity index is 1.56. The quantitative estimate of drug-likeness (QED) is 0.555. The summed E-state index contributed by atoms with van der Waals surface area (Å²) >= 11 is 9.94. The fraction of sp³-hybridized carbons (Fsp3) is 0.318. The molecule has 0 radical (unpaired) electrons. The van der Waals surface area contributed by atoms with Crippen molar-refractivity contribution >= 4 is 51.9 Å². The molecule has 4 rings (SSSR count). The van der Waals surface area contributed by atoms with Crippen LogP contribution in [0.4, 0.5) is 0 Å². The van der Waals surface area contributed by atoms with Gasteiger partial charge < -0.3 is 9.88 Å². The molecule has 0 aliphatic carbocycles. The zero-order valence-electron chi connectivity index (χ0n) is 16.6. The van der Waals surface area contributed by atoms with E-state index >= 15 is 0 Å². The zero-order chi connectivity index (χ0) is 21.1. The molecular formula is C22H22ClN3O2S2. The van der Waals surface area contributed by atoms with E-state index in [-0.39, 0.29) is 18.0 Å². The first-order chi connectivity index (χ1) is 14.5. The second-order valence-corrected chi connectivity index (χ2v) is 10.3. The molecule has 8 heteroatoms. The van der Waals surface area contributed by atoms with Gasteiger partial charge in [0.15, 0.2) is 0 Å². The number of fused-ring (bicyclic) bond motifs is 1. The molecule has 5 nitrogen and oxygen atoms in total. The summed E-state index contributed by atoms with van der Waals surface area (Å²) in [6.07, 6.45) is 0.808. The van der Waals surface area contributed by atoms with E-state index in [0.717, 1.165) is 6.42 Å². The second-order valence-electron chi connectivity index (χ2n) is 7.10. The van der Waals surface area contributed by atoms with E-state index in [1.165, 1.54) is 17.1 Å². The number of aromatic nitrogens is 2. The van der Waals surface area contributed by atoms with Crippen LogP contribution in [0.3, 0.4) is 0 Å². The third kappa shape index (κ3) is 4.68. The number of halogens is 1. The molecule has 156 valence electrons. The number of rotatable bonds is 6. The number of thioether (sulfide) groups is 2. The van der Waals surface area contributed by atoms with Crippen LogP contribution in [0.1, 0.15) is 39.7 Å². The van der Waals surface area contributed by atoms with Crippen LogP contribution in [-0.4, -0.2) is 38.8 Å². The highest BCUT2D eigenvalue weighted by Crippen LogP contribution is 2.45. The summed E-state index contributed by atoms with van der Waals surface area (Å²) in [5.41, 5.74) is 2.19. The Bertz CT molecular complexity index is 1110. The van der Waals surface area contributed by atoms with Crippen molar-refractivity contribution in [3.63, 3.8) is 0 Å². The monoisotopic (exact) mass is 459 g/mol. The molecule has 1 amide bonds. The lowest BCUT2D eigenvalue weighted by molar-refractivity contribution is 0.0739. The van der Waals surface area contributed by atoms with Gasteiger partial charge in [0.1, 0.15) is 5.82 Å². The molecule has 0 spiro atoms. The van der Waals surface area contributed by atoms with Crippen molar-refractivity contribution in [3.8, 4) is 0 Å². The van der Waals surface area contributed by atoms with Crippen LogP contribution in [0, 0.1) is 0 Å². The number of hydrogen-bond acceptors (Lipinski definition) is 5. The van der Waals surface area contributed by atoms with Gasteiger partial charge in [0.25, 0.3) is 11.5 Å². The van der Waals surface area contributed by atoms with Crippen molar-refractivity contribution in [2.45, 2.75) is 24.5 Å². The molecule has 2 aromatic carbocycles. The third-order valence-corrected chi connectivity index (χ3v) is 8.23. The lowest BCUT2D eigenvalue weighted by atomic mass is 10.1. The van der Waals surface area contributed by atoms with Crippen molar-refractivity contribution in [2.75, 3.05) is 18.1 Å². The van der Waals surface area contributed by atoms with E-state index in [2.05, 4.69) is 9.97 Å². The normalized spacial score (nSPS) is 14.3. The molecule has 0 bridgehead atoms. The maximum atomic E-state index is 13.1. The summed E-state index contributed by atoms with van der Waals surface area (Å²) in [6, 6.07) is 12.9. The fourth-order valence-corrected chi connectivity index (χ4v) is 6.48. The summed E-state index contributed by atoms with van der Waals surface area (Å²) in [5, 5.41) is 1.00. The standard InChI is InChI=1S/C22H22ClN3O2S2/c1-2-9-26(13-19-24-18-12-16(23)7-8-17(18)20(27)25-19)21(28)14-3-5-15(6-4-14)22-29-10-11-30-22/h3-8,12,22H,2,9-11,13H2,1H3,(H,24,25,27). The van der Waals surface area contributed by atoms with Gasteiger partial charge >= 0.3 is 0 Å². The number of nitrogens with zero attached hydrogens (tertiary/aromatic N) is 2. The van der Waals surface area contributed by atoms with Crippen LogP contribution in [0.25, 0.3) is 10.9 Å². The van der Waals surface area contributed by atoms with Gasteiger partial charge in [0.2, 0.25) is 0 Å². The first-order valence-corrected chi connectivity index (χ1v) is 12.3. The number of hydrogen-bond donors (Lipinski definition) is 1. The minimum Gasteiger partial charge on any atom is -0.331 e. The van der Waals surface area contributed by atoms with E-state index < -0.39 is 0 Å².